The normalized spacial score (nSPS) is 11.7. The summed E-state index contributed by atoms with van der Waals surface area (Å²) in [6, 6.07) is 1.84. The number of hydrogen-bond acceptors (Lipinski definition) is 2. The minimum atomic E-state index is -0.258. The van der Waals surface area contributed by atoms with Gasteiger partial charge in [-0.3, -0.25) is 0 Å². The van der Waals surface area contributed by atoms with Gasteiger partial charge in [0, 0.05) is 18.9 Å². The molecule has 0 fully saturated rings. The van der Waals surface area contributed by atoms with Crippen molar-refractivity contribution >= 4 is 5.97 Å². The van der Waals surface area contributed by atoms with Crippen molar-refractivity contribution in [3.05, 3.63) is 24.0 Å². The molecule has 0 aliphatic rings. The molecule has 0 saturated heterocycles. The van der Waals surface area contributed by atoms with Gasteiger partial charge in [-0.1, -0.05) is 85.0 Å². The van der Waals surface area contributed by atoms with Gasteiger partial charge in [-0.2, -0.15) is 0 Å². The molecule has 0 aliphatic heterocycles. The van der Waals surface area contributed by atoms with Crippen molar-refractivity contribution in [2.24, 2.45) is 5.41 Å². The monoisotopic (exact) mass is 349 g/mol. The number of methoxy groups -OCH3 is 1. The van der Waals surface area contributed by atoms with Gasteiger partial charge in [-0.15, -0.1) is 0 Å². The second kappa shape index (κ2) is 12.2. The number of rotatable bonds is 14. The van der Waals surface area contributed by atoms with E-state index in [0.717, 1.165) is 6.54 Å². The van der Waals surface area contributed by atoms with Gasteiger partial charge >= 0.3 is 5.97 Å². The zero-order valence-electron chi connectivity index (χ0n) is 17.0. The topological polar surface area (TPSA) is 31.2 Å². The molecule has 1 aromatic rings. The van der Waals surface area contributed by atoms with Crippen LogP contribution in [-0.2, 0) is 11.3 Å². The molecule has 0 spiro atoms. The first-order valence-corrected chi connectivity index (χ1v) is 10.2. The highest BCUT2D eigenvalue weighted by Crippen LogP contribution is 2.27. The maximum atomic E-state index is 11.5. The van der Waals surface area contributed by atoms with E-state index in [9.17, 15) is 4.79 Å². The fourth-order valence-electron chi connectivity index (χ4n) is 3.44. The predicted octanol–water partition coefficient (Wildman–Crippen LogP) is 6.61. The quantitative estimate of drug-likeness (QED) is 0.279. The lowest BCUT2D eigenvalue weighted by atomic mass is 9.86. The van der Waals surface area contributed by atoms with Gasteiger partial charge in [-0.05, 0) is 17.9 Å². The van der Waals surface area contributed by atoms with Crippen molar-refractivity contribution in [3.8, 4) is 0 Å². The molecule has 0 aromatic carbocycles. The summed E-state index contributed by atoms with van der Waals surface area (Å²) in [6.45, 7) is 7.86. The Morgan fingerprint density at radius 2 is 1.56 bits per heavy atom. The van der Waals surface area contributed by atoms with E-state index in [1.54, 1.807) is 0 Å². The molecule has 3 nitrogen and oxygen atoms in total. The van der Waals surface area contributed by atoms with Crippen LogP contribution in [0.3, 0.4) is 0 Å². The first-order valence-electron chi connectivity index (χ1n) is 10.2. The Morgan fingerprint density at radius 1 is 1.00 bits per heavy atom. The molecule has 0 saturated carbocycles. The van der Waals surface area contributed by atoms with E-state index in [4.69, 9.17) is 4.74 Å². The van der Waals surface area contributed by atoms with Crippen molar-refractivity contribution in [1.82, 2.24) is 4.57 Å². The van der Waals surface area contributed by atoms with Gasteiger partial charge in [0.25, 0.3) is 0 Å². The molecule has 3 heteroatoms. The van der Waals surface area contributed by atoms with Crippen LogP contribution >= 0.6 is 0 Å². The standard InChI is InChI=1S/C22H39NO2/c1-5-6-7-8-9-10-11-12-13-14-16-22(2,3)19-23-17-15-20(18-23)21(24)25-4/h15,17-18H,5-14,16,19H2,1-4H3. The summed E-state index contributed by atoms with van der Waals surface area (Å²) in [6.07, 6.45) is 18.9. The Balaban J connectivity index is 2.12. The fourth-order valence-corrected chi connectivity index (χ4v) is 3.44. The zero-order chi connectivity index (χ0) is 18.5. The third kappa shape index (κ3) is 9.72. The van der Waals surface area contributed by atoms with E-state index in [0.29, 0.717) is 5.56 Å². The lowest BCUT2D eigenvalue weighted by molar-refractivity contribution is 0.0600. The molecule has 0 N–H and O–H groups in total. The van der Waals surface area contributed by atoms with E-state index in [1.807, 2.05) is 18.5 Å². The fraction of sp³-hybridized carbons (Fsp3) is 0.773. The number of carbonyl (C=O) groups excluding carboxylic acids is 1. The van der Waals surface area contributed by atoms with Crippen LogP contribution in [-0.4, -0.2) is 17.6 Å². The molecule has 1 rings (SSSR count). The SMILES string of the molecule is CCCCCCCCCCCCC(C)(C)Cn1ccc(C(=O)OC)c1. The van der Waals surface area contributed by atoms with Crippen molar-refractivity contribution in [2.45, 2.75) is 97.9 Å². The third-order valence-electron chi connectivity index (χ3n) is 4.99. The number of hydrogen-bond donors (Lipinski definition) is 0. The summed E-state index contributed by atoms with van der Waals surface area (Å²) in [5.41, 5.74) is 0.893. The summed E-state index contributed by atoms with van der Waals surface area (Å²) < 4.78 is 6.88. The van der Waals surface area contributed by atoms with Gasteiger partial charge < -0.3 is 9.30 Å². The third-order valence-corrected chi connectivity index (χ3v) is 4.99. The average Bonchev–Trinajstić information content (AvgIpc) is 3.03. The number of nitrogens with zero attached hydrogens (tertiary/aromatic N) is 1. The molecule has 0 amide bonds. The molecule has 0 unspecified atom stereocenters. The zero-order valence-corrected chi connectivity index (χ0v) is 17.0. The average molecular weight is 350 g/mol. The number of aromatic nitrogens is 1. The lowest BCUT2D eigenvalue weighted by Crippen LogP contribution is -2.19. The van der Waals surface area contributed by atoms with Crippen molar-refractivity contribution in [3.63, 3.8) is 0 Å². The van der Waals surface area contributed by atoms with Crippen LogP contribution in [0.4, 0.5) is 0 Å². The minimum absolute atomic E-state index is 0.257. The Morgan fingerprint density at radius 3 is 2.12 bits per heavy atom. The molecule has 1 aromatic heterocycles. The smallest absolute Gasteiger partial charge is 0.339 e. The van der Waals surface area contributed by atoms with E-state index in [-0.39, 0.29) is 11.4 Å². The first kappa shape index (κ1) is 21.8. The van der Waals surface area contributed by atoms with Crippen LogP contribution in [0, 0.1) is 5.41 Å². The molecular formula is C22H39NO2. The Hall–Kier alpha value is -1.25. The molecule has 25 heavy (non-hydrogen) atoms. The van der Waals surface area contributed by atoms with Gasteiger partial charge in [0.05, 0.1) is 12.7 Å². The molecular weight excluding hydrogens is 310 g/mol. The Kier molecular flexibility index (Phi) is 10.6. The number of ether oxygens (including phenoxy) is 1. The van der Waals surface area contributed by atoms with Crippen LogP contribution in [0.1, 0.15) is 102 Å². The van der Waals surface area contributed by atoms with Crippen LogP contribution in [0.25, 0.3) is 0 Å². The van der Waals surface area contributed by atoms with E-state index >= 15 is 0 Å². The molecule has 144 valence electrons. The van der Waals surface area contributed by atoms with Crippen LogP contribution in [0.15, 0.2) is 18.5 Å². The Labute approximate surface area is 155 Å². The van der Waals surface area contributed by atoms with Gasteiger partial charge in [0.1, 0.15) is 0 Å². The highest BCUT2D eigenvalue weighted by atomic mass is 16.5. The van der Waals surface area contributed by atoms with Crippen LogP contribution in [0.5, 0.6) is 0 Å². The molecule has 0 atom stereocenters. The van der Waals surface area contributed by atoms with Crippen molar-refractivity contribution < 1.29 is 9.53 Å². The van der Waals surface area contributed by atoms with E-state index < -0.39 is 0 Å². The highest BCUT2D eigenvalue weighted by molar-refractivity contribution is 5.89. The first-order chi connectivity index (χ1) is 12.0. The summed E-state index contributed by atoms with van der Waals surface area (Å²) in [5, 5.41) is 0. The summed E-state index contributed by atoms with van der Waals surface area (Å²) >= 11 is 0. The van der Waals surface area contributed by atoms with Crippen molar-refractivity contribution in [2.75, 3.05) is 7.11 Å². The summed E-state index contributed by atoms with van der Waals surface area (Å²) in [5.74, 6) is -0.258. The molecule has 1 heterocycles. The maximum Gasteiger partial charge on any atom is 0.339 e. The number of unbranched alkanes of at least 4 members (excludes halogenated alkanes) is 9. The van der Waals surface area contributed by atoms with Crippen LogP contribution in [0.2, 0.25) is 0 Å². The second-order valence-corrected chi connectivity index (χ2v) is 8.16. The summed E-state index contributed by atoms with van der Waals surface area (Å²) in [4.78, 5) is 11.5. The van der Waals surface area contributed by atoms with Crippen LogP contribution < -0.4 is 0 Å². The second-order valence-electron chi connectivity index (χ2n) is 8.16. The number of carbonyl (C=O) groups is 1. The number of esters is 1. The minimum Gasteiger partial charge on any atom is -0.465 e. The van der Waals surface area contributed by atoms with Gasteiger partial charge in [0.2, 0.25) is 0 Å². The van der Waals surface area contributed by atoms with E-state index in [2.05, 4.69) is 25.3 Å². The molecule has 0 bridgehead atoms. The summed E-state index contributed by atoms with van der Waals surface area (Å²) in [7, 11) is 1.43. The Bertz CT molecular complexity index is 476. The predicted molar refractivity (Wildman–Crippen MR) is 106 cm³/mol. The molecule has 0 radical (unpaired) electrons. The highest BCUT2D eigenvalue weighted by Gasteiger charge is 2.18. The lowest BCUT2D eigenvalue weighted by Gasteiger charge is -2.25. The van der Waals surface area contributed by atoms with E-state index in [1.165, 1.54) is 77.7 Å². The van der Waals surface area contributed by atoms with Gasteiger partial charge in [-0.25, -0.2) is 4.79 Å². The maximum absolute atomic E-state index is 11.5. The van der Waals surface area contributed by atoms with Gasteiger partial charge in [0.15, 0.2) is 0 Å². The molecule has 0 aliphatic carbocycles. The largest absolute Gasteiger partial charge is 0.465 e. The van der Waals surface area contributed by atoms with Crippen molar-refractivity contribution in [1.29, 1.82) is 0 Å².